The number of aromatic nitrogens is 2. The molecule has 0 aliphatic rings. The van der Waals surface area contributed by atoms with Crippen molar-refractivity contribution >= 4 is 49.4 Å². The molecular weight excluding hydrogens is 345 g/mol. The number of benzene rings is 1. The number of H-pyrrole nitrogens is 1. The molecule has 0 amide bonds. The maximum absolute atomic E-state index is 8.84. The minimum absolute atomic E-state index is 0.587. The molecule has 1 aromatic carbocycles. The van der Waals surface area contributed by atoms with E-state index in [4.69, 9.17) is 5.26 Å². The van der Waals surface area contributed by atoms with Gasteiger partial charge in [-0.2, -0.15) is 10.4 Å². The van der Waals surface area contributed by atoms with Crippen molar-refractivity contribution in [2.24, 2.45) is 0 Å². The van der Waals surface area contributed by atoms with Crippen LogP contribution in [0.2, 0.25) is 0 Å². The maximum Gasteiger partial charge on any atom is 0.111 e. The number of nitrogens with one attached hydrogen (secondary N) is 1. The molecule has 2 rings (SSSR count). The molecular formula is C8H3BrIN3. The normalized spacial score (nSPS) is 10.2. The van der Waals surface area contributed by atoms with Gasteiger partial charge in [0.25, 0.3) is 0 Å². The summed E-state index contributed by atoms with van der Waals surface area (Å²) in [5, 5.41) is 16.7. The zero-order valence-electron chi connectivity index (χ0n) is 6.31. The predicted molar refractivity (Wildman–Crippen MR) is 61.2 cm³/mol. The van der Waals surface area contributed by atoms with E-state index < -0.39 is 0 Å². The number of nitriles is 1. The Balaban J connectivity index is 2.94. The number of rotatable bonds is 0. The summed E-state index contributed by atoms with van der Waals surface area (Å²) < 4.78 is 1.85. The zero-order chi connectivity index (χ0) is 9.42. The van der Waals surface area contributed by atoms with E-state index in [0.29, 0.717) is 5.56 Å². The zero-order valence-corrected chi connectivity index (χ0v) is 10.0. The summed E-state index contributed by atoms with van der Waals surface area (Å²) >= 11 is 5.50. The molecule has 1 N–H and O–H groups in total. The van der Waals surface area contributed by atoms with E-state index in [-0.39, 0.29) is 0 Å². The smallest absolute Gasteiger partial charge is 0.111 e. The fraction of sp³-hybridized carbons (Fsp3) is 0. The van der Waals surface area contributed by atoms with Gasteiger partial charge in [0.1, 0.15) is 15.3 Å². The molecule has 5 heteroatoms. The van der Waals surface area contributed by atoms with Crippen LogP contribution in [-0.4, -0.2) is 10.2 Å². The van der Waals surface area contributed by atoms with E-state index >= 15 is 0 Å². The van der Waals surface area contributed by atoms with Gasteiger partial charge in [-0.3, -0.25) is 5.10 Å². The third-order valence-electron chi connectivity index (χ3n) is 1.70. The van der Waals surface area contributed by atoms with Gasteiger partial charge in [0.2, 0.25) is 0 Å². The number of nitrogens with zero attached hydrogens (tertiary/aromatic N) is 2. The fourth-order valence-corrected chi connectivity index (χ4v) is 2.13. The van der Waals surface area contributed by atoms with Crippen LogP contribution in [0.1, 0.15) is 5.56 Å². The molecule has 0 saturated heterocycles. The summed E-state index contributed by atoms with van der Waals surface area (Å²) in [5.41, 5.74) is 1.32. The molecule has 0 saturated carbocycles. The summed E-state index contributed by atoms with van der Waals surface area (Å²) in [6, 6.07) is 5.82. The lowest BCUT2D eigenvalue weighted by Gasteiger charge is -1.93. The van der Waals surface area contributed by atoms with Crippen molar-refractivity contribution < 1.29 is 0 Å². The average molecular weight is 348 g/mol. The van der Waals surface area contributed by atoms with Crippen molar-refractivity contribution in [3.8, 4) is 6.07 Å². The van der Waals surface area contributed by atoms with Gasteiger partial charge in [0.15, 0.2) is 0 Å². The number of halogens is 2. The van der Waals surface area contributed by atoms with Gasteiger partial charge in [-0.15, -0.1) is 0 Å². The van der Waals surface area contributed by atoms with Gasteiger partial charge in [-0.1, -0.05) is 15.9 Å². The number of hydrogen-bond acceptors (Lipinski definition) is 2. The van der Waals surface area contributed by atoms with E-state index in [1.54, 1.807) is 6.07 Å². The number of fused-ring (bicyclic) bond motifs is 1. The third kappa shape index (κ3) is 1.44. The summed E-state index contributed by atoms with van der Waals surface area (Å²) in [5.74, 6) is 0. The second kappa shape index (κ2) is 3.27. The highest BCUT2D eigenvalue weighted by atomic mass is 127. The standard InChI is InChI=1S/C8H3BrIN3/c9-5-1-4(3-11)7-6(2-5)8(10)13-12-7/h1-2H,(H,12,13). The van der Waals surface area contributed by atoms with Gasteiger partial charge in [-0.05, 0) is 34.7 Å². The lowest BCUT2D eigenvalue weighted by molar-refractivity contribution is 1.09. The second-order valence-electron chi connectivity index (χ2n) is 2.50. The van der Waals surface area contributed by atoms with Crippen LogP contribution in [-0.2, 0) is 0 Å². The van der Waals surface area contributed by atoms with Crippen LogP contribution in [0.5, 0.6) is 0 Å². The largest absolute Gasteiger partial charge is 0.271 e. The van der Waals surface area contributed by atoms with E-state index in [9.17, 15) is 0 Å². The van der Waals surface area contributed by atoms with Crippen LogP contribution in [0.25, 0.3) is 10.9 Å². The van der Waals surface area contributed by atoms with Crippen LogP contribution >= 0.6 is 38.5 Å². The molecule has 0 spiro atoms. The van der Waals surface area contributed by atoms with Crippen molar-refractivity contribution in [2.45, 2.75) is 0 Å². The maximum atomic E-state index is 8.84. The first-order valence-corrected chi connectivity index (χ1v) is 5.33. The van der Waals surface area contributed by atoms with Crippen molar-refractivity contribution in [3.63, 3.8) is 0 Å². The van der Waals surface area contributed by atoms with E-state index in [2.05, 4.69) is 54.8 Å². The van der Waals surface area contributed by atoms with Crippen LogP contribution in [0, 0.1) is 15.0 Å². The Bertz CT molecular complexity index is 512. The van der Waals surface area contributed by atoms with Gasteiger partial charge >= 0.3 is 0 Å². The van der Waals surface area contributed by atoms with Gasteiger partial charge in [0.05, 0.1) is 5.56 Å². The summed E-state index contributed by atoms with van der Waals surface area (Å²) in [7, 11) is 0. The Morgan fingerprint density at radius 1 is 1.54 bits per heavy atom. The first-order valence-electron chi connectivity index (χ1n) is 3.45. The highest BCUT2D eigenvalue weighted by molar-refractivity contribution is 14.1. The third-order valence-corrected chi connectivity index (χ3v) is 2.98. The van der Waals surface area contributed by atoms with E-state index in [1.807, 2.05) is 6.07 Å². The minimum Gasteiger partial charge on any atom is -0.271 e. The van der Waals surface area contributed by atoms with Crippen molar-refractivity contribution in [1.82, 2.24) is 10.2 Å². The van der Waals surface area contributed by atoms with Gasteiger partial charge in [0, 0.05) is 9.86 Å². The Morgan fingerprint density at radius 2 is 2.31 bits per heavy atom. The molecule has 2 aromatic rings. The summed E-state index contributed by atoms with van der Waals surface area (Å²) in [4.78, 5) is 0. The second-order valence-corrected chi connectivity index (χ2v) is 4.49. The lowest BCUT2D eigenvalue weighted by atomic mass is 10.2. The van der Waals surface area contributed by atoms with Gasteiger partial charge in [-0.25, -0.2) is 0 Å². The van der Waals surface area contributed by atoms with Gasteiger partial charge < -0.3 is 0 Å². The SMILES string of the molecule is N#Cc1cc(Br)cc2c(I)[nH]nc12. The molecule has 13 heavy (non-hydrogen) atoms. The molecule has 1 aromatic heterocycles. The molecule has 0 aliphatic carbocycles. The molecule has 0 unspecified atom stereocenters. The van der Waals surface area contributed by atoms with Crippen LogP contribution in [0.4, 0.5) is 0 Å². The van der Waals surface area contributed by atoms with Crippen LogP contribution in [0.15, 0.2) is 16.6 Å². The van der Waals surface area contributed by atoms with Crippen LogP contribution in [0.3, 0.4) is 0 Å². The Hall–Kier alpha value is -0.610. The molecule has 0 atom stereocenters. The molecule has 0 radical (unpaired) electrons. The lowest BCUT2D eigenvalue weighted by Crippen LogP contribution is -1.78. The highest BCUT2D eigenvalue weighted by Gasteiger charge is 2.08. The fourth-order valence-electron chi connectivity index (χ4n) is 1.14. The summed E-state index contributed by atoms with van der Waals surface area (Å²) in [6.45, 7) is 0. The highest BCUT2D eigenvalue weighted by Crippen LogP contribution is 2.25. The van der Waals surface area contributed by atoms with Crippen molar-refractivity contribution in [2.75, 3.05) is 0 Å². The molecule has 1 heterocycles. The van der Waals surface area contributed by atoms with E-state index in [1.165, 1.54) is 0 Å². The molecule has 64 valence electrons. The molecule has 3 nitrogen and oxygen atoms in total. The minimum atomic E-state index is 0.587. The Kier molecular flexibility index (Phi) is 2.26. The van der Waals surface area contributed by atoms with Crippen molar-refractivity contribution in [1.29, 1.82) is 5.26 Å². The topological polar surface area (TPSA) is 52.5 Å². The molecule has 0 bridgehead atoms. The van der Waals surface area contributed by atoms with Crippen LogP contribution < -0.4 is 0 Å². The van der Waals surface area contributed by atoms with Crippen molar-refractivity contribution in [3.05, 3.63) is 25.9 Å². The first-order chi connectivity index (χ1) is 6.22. The monoisotopic (exact) mass is 347 g/mol. The molecule has 0 aliphatic heterocycles. The first kappa shape index (κ1) is 8.97. The number of hydrogen-bond donors (Lipinski definition) is 1. The predicted octanol–water partition coefficient (Wildman–Crippen LogP) is 2.80. The number of aromatic amines is 1. The Labute approximate surface area is 96.4 Å². The summed E-state index contributed by atoms with van der Waals surface area (Å²) in [6.07, 6.45) is 0. The quantitative estimate of drug-likeness (QED) is 0.745. The molecule has 0 fully saturated rings. The van der Waals surface area contributed by atoms with E-state index in [0.717, 1.165) is 19.1 Å². The average Bonchev–Trinajstić information content (AvgIpc) is 2.47. The Morgan fingerprint density at radius 3 is 3.00 bits per heavy atom.